The second-order valence-electron chi connectivity index (χ2n) is 5.63. The molecule has 1 heteroatoms. The van der Waals surface area contributed by atoms with Crippen LogP contribution >= 0.6 is 0 Å². The van der Waals surface area contributed by atoms with Crippen LogP contribution in [0.1, 0.15) is 50.3 Å². The number of nitrogens with one attached hydrogen (secondary N) is 1. The van der Waals surface area contributed by atoms with Crippen LogP contribution in [0.3, 0.4) is 0 Å². The molecule has 2 atom stereocenters. The van der Waals surface area contributed by atoms with E-state index in [1.807, 2.05) is 0 Å². The Morgan fingerprint density at radius 2 is 1.83 bits per heavy atom. The maximum atomic E-state index is 3.63. The van der Waals surface area contributed by atoms with Crippen molar-refractivity contribution in [3.63, 3.8) is 0 Å². The average Bonchev–Trinajstić information content (AvgIpc) is 2.34. The van der Waals surface area contributed by atoms with Gasteiger partial charge in [0.15, 0.2) is 0 Å². The zero-order valence-electron chi connectivity index (χ0n) is 12.7. The van der Waals surface area contributed by atoms with Crippen molar-refractivity contribution in [1.29, 1.82) is 0 Å². The van der Waals surface area contributed by atoms with E-state index in [1.54, 1.807) is 0 Å². The van der Waals surface area contributed by atoms with Gasteiger partial charge in [0.2, 0.25) is 0 Å². The predicted octanol–water partition coefficient (Wildman–Crippen LogP) is 4.26. The summed E-state index contributed by atoms with van der Waals surface area (Å²) in [5.41, 5.74) is 4.26. The van der Waals surface area contributed by atoms with Crippen LogP contribution in [-0.4, -0.2) is 12.6 Å². The lowest BCUT2D eigenvalue weighted by Crippen LogP contribution is -2.32. The van der Waals surface area contributed by atoms with Gasteiger partial charge in [-0.3, -0.25) is 0 Å². The van der Waals surface area contributed by atoms with Crippen LogP contribution in [-0.2, 0) is 6.42 Å². The predicted molar refractivity (Wildman–Crippen MR) is 81.2 cm³/mol. The van der Waals surface area contributed by atoms with Crippen LogP contribution in [0.5, 0.6) is 0 Å². The first-order valence-corrected chi connectivity index (χ1v) is 7.36. The van der Waals surface area contributed by atoms with E-state index in [-0.39, 0.29) is 0 Å². The molecule has 0 aliphatic carbocycles. The van der Waals surface area contributed by atoms with Gasteiger partial charge in [-0.25, -0.2) is 0 Å². The van der Waals surface area contributed by atoms with Crippen LogP contribution in [0.2, 0.25) is 0 Å². The molecule has 2 unspecified atom stereocenters. The van der Waals surface area contributed by atoms with Gasteiger partial charge >= 0.3 is 0 Å². The first-order chi connectivity index (χ1) is 8.56. The molecule has 1 aromatic rings. The van der Waals surface area contributed by atoms with Crippen molar-refractivity contribution < 1.29 is 0 Å². The van der Waals surface area contributed by atoms with Crippen LogP contribution in [0.15, 0.2) is 18.2 Å². The lowest BCUT2D eigenvalue weighted by Gasteiger charge is -2.21. The van der Waals surface area contributed by atoms with Crippen molar-refractivity contribution in [2.24, 2.45) is 5.92 Å². The number of hydrogen-bond donors (Lipinski definition) is 1. The van der Waals surface area contributed by atoms with Crippen molar-refractivity contribution in [3.8, 4) is 0 Å². The van der Waals surface area contributed by atoms with E-state index in [2.05, 4.69) is 58.1 Å². The second-order valence-corrected chi connectivity index (χ2v) is 5.63. The Hall–Kier alpha value is -0.820. The minimum Gasteiger partial charge on any atom is -0.314 e. The summed E-state index contributed by atoms with van der Waals surface area (Å²) >= 11 is 0. The fourth-order valence-electron chi connectivity index (χ4n) is 2.39. The van der Waals surface area contributed by atoms with Crippen molar-refractivity contribution in [1.82, 2.24) is 5.32 Å². The molecular formula is C17H29N. The Kier molecular flexibility index (Phi) is 6.42. The highest BCUT2D eigenvalue weighted by Gasteiger charge is 2.12. The van der Waals surface area contributed by atoms with Gasteiger partial charge in [-0.1, -0.05) is 45.4 Å². The number of rotatable bonds is 7. The van der Waals surface area contributed by atoms with Crippen LogP contribution in [0.4, 0.5) is 0 Å². The fraction of sp³-hybridized carbons (Fsp3) is 0.647. The number of aryl methyl sites for hydroxylation is 2. The third-order valence-corrected chi connectivity index (χ3v) is 3.93. The van der Waals surface area contributed by atoms with Crippen LogP contribution < -0.4 is 5.32 Å². The monoisotopic (exact) mass is 247 g/mol. The number of likely N-dealkylation sites (N-methyl/N-ethyl adjacent to an activating group) is 1. The topological polar surface area (TPSA) is 12.0 Å². The minimum absolute atomic E-state index is 0.618. The Morgan fingerprint density at radius 1 is 1.11 bits per heavy atom. The SMILES string of the molecule is CCNC(Cc1ccc(C)c(C)c1)CC(C)CC. The molecular weight excluding hydrogens is 218 g/mol. The van der Waals surface area contributed by atoms with E-state index < -0.39 is 0 Å². The van der Waals surface area contributed by atoms with Crippen LogP contribution in [0, 0.1) is 19.8 Å². The Morgan fingerprint density at radius 3 is 2.39 bits per heavy atom. The molecule has 18 heavy (non-hydrogen) atoms. The van der Waals surface area contributed by atoms with Crippen LogP contribution in [0.25, 0.3) is 0 Å². The van der Waals surface area contributed by atoms with Gasteiger partial charge in [0.05, 0.1) is 0 Å². The van der Waals surface area contributed by atoms with Gasteiger partial charge in [0, 0.05) is 6.04 Å². The molecule has 0 radical (unpaired) electrons. The number of benzene rings is 1. The largest absolute Gasteiger partial charge is 0.314 e. The summed E-state index contributed by atoms with van der Waals surface area (Å²) in [5, 5.41) is 3.63. The summed E-state index contributed by atoms with van der Waals surface area (Å²) < 4.78 is 0. The first kappa shape index (κ1) is 15.2. The van der Waals surface area contributed by atoms with Crippen molar-refractivity contribution in [3.05, 3.63) is 34.9 Å². The van der Waals surface area contributed by atoms with Crippen molar-refractivity contribution >= 4 is 0 Å². The smallest absolute Gasteiger partial charge is 0.0110 e. The molecule has 1 aromatic carbocycles. The summed E-state index contributed by atoms with van der Waals surface area (Å²) in [4.78, 5) is 0. The van der Waals surface area contributed by atoms with E-state index in [4.69, 9.17) is 0 Å². The summed E-state index contributed by atoms with van der Waals surface area (Å²) in [6, 6.07) is 7.49. The van der Waals surface area contributed by atoms with E-state index in [9.17, 15) is 0 Å². The molecule has 1 N–H and O–H groups in total. The van der Waals surface area contributed by atoms with Gasteiger partial charge in [0.1, 0.15) is 0 Å². The molecule has 0 aromatic heterocycles. The zero-order valence-corrected chi connectivity index (χ0v) is 12.7. The summed E-state index contributed by atoms with van der Waals surface area (Å²) in [5.74, 6) is 0.806. The van der Waals surface area contributed by atoms with Gasteiger partial charge in [-0.15, -0.1) is 0 Å². The highest BCUT2D eigenvalue weighted by molar-refractivity contribution is 5.30. The highest BCUT2D eigenvalue weighted by Crippen LogP contribution is 2.16. The van der Waals surface area contributed by atoms with Crippen molar-refractivity contribution in [2.45, 2.75) is 59.9 Å². The van der Waals surface area contributed by atoms with Gasteiger partial charge in [0.25, 0.3) is 0 Å². The standard InChI is InChI=1S/C17H29N/c1-6-13(3)10-17(18-7-2)12-16-9-8-14(4)15(5)11-16/h8-9,11,13,17-18H,6-7,10,12H2,1-5H3. The molecule has 102 valence electrons. The van der Waals surface area contributed by atoms with Gasteiger partial charge < -0.3 is 5.32 Å². The van der Waals surface area contributed by atoms with Crippen molar-refractivity contribution in [2.75, 3.05) is 6.54 Å². The number of hydrogen-bond acceptors (Lipinski definition) is 1. The quantitative estimate of drug-likeness (QED) is 0.759. The molecule has 0 aliphatic heterocycles. The Balaban J connectivity index is 2.66. The lowest BCUT2D eigenvalue weighted by molar-refractivity contribution is 0.397. The van der Waals surface area contributed by atoms with Gasteiger partial charge in [-0.05, 0) is 55.8 Å². The Bertz CT molecular complexity index is 357. The summed E-state index contributed by atoms with van der Waals surface area (Å²) in [7, 11) is 0. The molecule has 0 heterocycles. The zero-order chi connectivity index (χ0) is 13.5. The maximum Gasteiger partial charge on any atom is 0.0110 e. The third-order valence-electron chi connectivity index (χ3n) is 3.93. The molecule has 0 amide bonds. The first-order valence-electron chi connectivity index (χ1n) is 7.36. The second kappa shape index (κ2) is 7.58. The minimum atomic E-state index is 0.618. The van der Waals surface area contributed by atoms with E-state index in [1.165, 1.54) is 29.5 Å². The molecule has 0 bridgehead atoms. The summed E-state index contributed by atoms with van der Waals surface area (Å²) in [6.45, 7) is 12.3. The maximum absolute atomic E-state index is 3.63. The lowest BCUT2D eigenvalue weighted by atomic mass is 9.93. The molecule has 0 spiro atoms. The molecule has 1 nitrogen and oxygen atoms in total. The van der Waals surface area contributed by atoms with E-state index >= 15 is 0 Å². The average molecular weight is 247 g/mol. The normalized spacial score (nSPS) is 14.5. The molecule has 1 rings (SSSR count). The molecule has 0 saturated carbocycles. The van der Waals surface area contributed by atoms with Gasteiger partial charge in [-0.2, -0.15) is 0 Å². The molecule has 0 saturated heterocycles. The highest BCUT2D eigenvalue weighted by atomic mass is 14.9. The Labute approximate surface area is 113 Å². The van der Waals surface area contributed by atoms with E-state index in [0.29, 0.717) is 6.04 Å². The van der Waals surface area contributed by atoms with E-state index in [0.717, 1.165) is 18.9 Å². The third kappa shape index (κ3) is 4.81. The molecule has 0 fully saturated rings. The summed E-state index contributed by atoms with van der Waals surface area (Å²) in [6.07, 6.45) is 3.70. The molecule has 0 aliphatic rings. The fourth-order valence-corrected chi connectivity index (χ4v) is 2.39.